The molecular weight excluding hydrogens is 190 g/mol. The number of rotatable bonds is 3. The van der Waals surface area contributed by atoms with Gasteiger partial charge in [-0.05, 0) is 53.5 Å². The molecule has 15 heavy (non-hydrogen) atoms. The molecule has 0 radical (unpaired) electrons. The van der Waals surface area contributed by atoms with Gasteiger partial charge in [-0.25, -0.2) is 0 Å². The van der Waals surface area contributed by atoms with Crippen molar-refractivity contribution >= 4 is 0 Å². The Balaban J connectivity index is 2.33. The Morgan fingerprint density at radius 1 is 1.20 bits per heavy atom. The first-order chi connectivity index (χ1) is 6.92. The number of hydrogen-bond donors (Lipinski definition) is 2. The molecule has 3 heteroatoms. The SMILES string of the molecule is CNC1CCC(C(O)OC(C)(C)C)CC1. The largest absolute Gasteiger partial charge is 0.368 e. The van der Waals surface area contributed by atoms with Crippen molar-refractivity contribution in [2.75, 3.05) is 7.05 Å². The molecule has 1 fully saturated rings. The maximum absolute atomic E-state index is 9.93. The maximum atomic E-state index is 9.93. The van der Waals surface area contributed by atoms with Crippen molar-refractivity contribution in [3.05, 3.63) is 0 Å². The van der Waals surface area contributed by atoms with E-state index in [1.54, 1.807) is 0 Å². The Morgan fingerprint density at radius 2 is 1.73 bits per heavy atom. The third kappa shape index (κ3) is 4.49. The van der Waals surface area contributed by atoms with E-state index in [0.717, 1.165) is 25.7 Å². The average Bonchev–Trinajstić information content (AvgIpc) is 2.15. The summed E-state index contributed by atoms with van der Waals surface area (Å²) >= 11 is 0. The Bertz CT molecular complexity index is 181. The van der Waals surface area contributed by atoms with Crippen LogP contribution in [0.25, 0.3) is 0 Å². The average molecular weight is 215 g/mol. The molecule has 2 N–H and O–H groups in total. The lowest BCUT2D eigenvalue weighted by molar-refractivity contribution is -0.196. The zero-order valence-corrected chi connectivity index (χ0v) is 10.4. The van der Waals surface area contributed by atoms with Crippen molar-refractivity contribution in [3.8, 4) is 0 Å². The quantitative estimate of drug-likeness (QED) is 0.707. The molecule has 3 nitrogen and oxygen atoms in total. The topological polar surface area (TPSA) is 41.5 Å². The molecule has 1 rings (SSSR count). The van der Waals surface area contributed by atoms with Gasteiger partial charge < -0.3 is 15.2 Å². The van der Waals surface area contributed by atoms with E-state index >= 15 is 0 Å². The normalized spacial score (nSPS) is 30.2. The summed E-state index contributed by atoms with van der Waals surface area (Å²) in [4.78, 5) is 0. The van der Waals surface area contributed by atoms with Gasteiger partial charge in [0.25, 0.3) is 0 Å². The second kappa shape index (κ2) is 5.28. The molecule has 1 aliphatic carbocycles. The fourth-order valence-electron chi connectivity index (χ4n) is 2.15. The molecule has 0 bridgehead atoms. The molecule has 1 saturated carbocycles. The molecule has 1 aliphatic rings. The zero-order valence-electron chi connectivity index (χ0n) is 10.4. The summed E-state index contributed by atoms with van der Waals surface area (Å²) in [6, 6.07) is 0.628. The molecule has 90 valence electrons. The van der Waals surface area contributed by atoms with Gasteiger partial charge in [-0.15, -0.1) is 0 Å². The Hall–Kier alpha value is -0.120. The van der Waals surface area contributed by atoms with Crippen molar-refractivity contribution < 1.29 is 9.84 Å². The number of aliphatic hydroxyl groups excluding tert-OH is 1. The number of nitrogens with one attached hydrogen (secondary N) is 1. The van der Waals surface area contributed by atoms with Gasteiger partial charge in [-0.2, -0.15) is 0 Å². The third-order valence-corrected chi connectivity index (χ3v) is 3.06. The van der Waals surface area contributed by atoms with Crippen LogP contribution < -0.4 is 5.32 Å². The van der Waals surface area contributed by atoms with Gasteiger partial charge in [-0.3, -0.25) is 0 Å². The summed E-state index contributed by atoms with van der Waals surface area (Å²) < 4.78 is 5.58. The van der Waals surface area contributed by atoms with Crippen LogP contribution in [-0.4, -0.2) is 30.1 Å². The zero-order chi connectivity index (χ0) is 11.5. The molecule has 1 atom stereocenters. The lowest BCUT2D eigenvalue weighted by Gasteiger charge is -2.34. The molecule has 0 saturated heterocycles. The fraction of sp³-hybridized carbons (Fsp3) is 1.00. The summed E-state index contributed by atoms with van der Waals surface area (Å²) in [5, 5.41) is 13.2. The standard InChI is InChI=1S/C12H25NO2/c1-12(2,3)15-11(14)9-5-7-10(13-4)8-6-9/h9-11,13-14H,5-8H2,1-4H3. The maximum Gasteiger partial charge on any atom is 0.158 e. The number of aliphatic hydroxyl groups is 1. The minimum Gasteiger partial charge on any atom is -0.368 e. The van der Waals surface area contributed by atoms with Gasteiger partial charge in [0.15, 0.2) is 6.29 Å². The van der Waals surface area contributed by atoms with Gasteiger partial charge >= 0.3 is 0 Å². The predicted molar refractivity (Wildman–Crippen MR) is 61.7 cm³/mol. The van der Waals surface area contributed by atoms with Crippen molar-refractivity contribution in [3.63, 3.8) is 0 Å². The van der Waals surface area contributed by atoms with Gasteiger partial charge in [-0.1, -0.05) is 0 Å². The van der Waals surface area contributed by atoms with E-state index in [0.29, 0.717) is 12.0 Å². The minimum absolute atomic E-state index is 0.251. The summed E-state index contributed by atoms with van der Waals surface area (Å²) in [7, 11) is 2.01. The molecule has 0 aromatic carbocycles. The highest BCUT2D eigenvalue weighted by Gasteiger charge is 2.28. The van der Waals surface area contributed by atoms with Crippen molar-refractivity contribution in [2.45, 2.75) is 64.4 Å². The number of hydrogen-bond acceptors (Lipinski definition) is 3. The van der Waals surface area contributed by atoms with Crippen LogP contribution in [0, 0.1) is 5.92 Å². The molecule has 1 unspecified atom stereocenters. The second-order valence-electron chi connectivity index (χ2n) is 5.52. The smallest absolute Gasteiger partial charge is 0.158 e. The molecule has 0 aromatic rings. The van der Waals surface area contributed by atoms with Gasteiger partial charge in [0, 0.05) is 12.0 Å². The van der Waals surface area contributed by atoms with E-state index in [4.69, 9.17) is 4.74 Å². The van der Waals surface area contributed by atoms with Crippen LogP contribution in [0.15, 0.2) is 0 Å². The Kier molecular flexibility index (Phi) is 4.56. The summed E-state index contributed by atoms with van der Waals surface area (Å²) in [5.74, 6) is 0.314. The van der Waals surface area contributed by atoms with Crippen LogP contribution in [0.2, 0.25) is 0 Å². The van der Waals surface area contributed by atoms with Gasteiger partial charge in [0.05, 0.1) is 5.60 Å². The third-order valence-electron chi connectivity index (χ3n) is 3.06. The molecule has 0 heterocycles. The van der Waals surface area contributed by atoms with Crippen LogP contribution in [0.1, 0.15) is 46.5 Å². The van der Waals surface area contributed by atoms with Crippen molar-refractivity contribution in [2.24, 2.45) is 5.92 Å². The van der Waals surface area contributed by atoms with E-state index in [1.165, 1.54) is 0 Å². The highest BCUT2D eigenvalue weighted by Crippen LogP contribution is 2.29. The van der Waals surface area contributed by atoms with Crippen LogP contribution in [-0.2, 0) is 4.74 Å². The van der Waals surface area contributed by atoms with E-state index in [2.05, 4.69) is 5.32 Å². The first kappa shape index (κ1) is 12.9. The van der Waals surface area contributed by atoms with E-state index < -0.39 is 6.29 Å². The lowest BCUT2D eigenvalue weighted by atomic mass is 9.85. The Labute approximate surface area is 93.2 Å². The van der Waals surface area contributed by atoms with Gasteiger partial charge in [0.1, 0.15) is 0 Å². The minimum atomic E-state index is -0.595. The first-order valence-electron chi connectivity index (χ1n) is 5.95. The van der Waals surface area contributed by atoms with Crippen LogP contribution in [0.5, 0.6) is 0 Å². The molecule has 0 amide bonds. The summed E-state index contributed by atoms with van der Waals surface area (Å²) in [6.07, 6.45) is 3.81. The summed E-state index contributed by atoms with van der Waals surface area (Å²) in [5.41, 5.74) is -0.251. The van der Waals surface area contributed by atoms with Crippen LogP contribution in [0.3, 0.4) is 0 Å². The molecule has 0 spiro atoms. The van der Waals surface area contributed by atoms with E-state index in [1.807, 2.05) is 27.8 Å². The monoisotopic (exact) mass is 215 g/mol. The highest BCUT2D eigenvalue weighted by molar-refractivity contribution is 4.78. The first-order valence-corrected chi connectivity index (χ1v) is 5.95. The summed E-state index contributed by atoms with van der Waals surface area (Å²) in [6.45, 7) is 5.94. The van der Waals surface area contributed by atoms with Crippen molar-refractivity contribution in [1.82, 2.24) is 5.32 Å². The molecule has 0 aliphatic heterocycles. The molecular formula is C12H25NO2. The number of ether oxygens (including phenoxy) is 1. The fourth-order valence-corrected chi connectivity index (χ4v) is 2.15. The van der Waals surface area contributed by atoms with Gasteiger partial charge in [0.2, 0.25) is 0 Å². The molecule has 0 aromatic heterocycles. The Morgan fingerprint density at radius 3 is 2.13 bits per heavy atom. The van der Waals surface area contributed by atoms with E-state index in [9.17, 15) is 5.11 Å². The van der Waals surface area contributed by atoms with Crippen LogP contribution in [0.4, 0.5) is 0 Å². The second-order valence-corrected chi connectivity index (χ2v) is 5.52. The lowest BCUT2D eigenvalue weighted by Crippen LogP contribution is -2.38. The predicted octanol–water partition coefficient (Wildman–Crippen LogP) is 1.90. The highest BCUT2D eigenvalue weighted by atomic mass is 16.6. The van der Waals surface area contributed by atoms with Crippen LogP contribution >= 0.6 is 0 Å². The van der Waals surface area contributed by atoms with Crippen molar-refractivity contribution in [1.29, 1.82) is 0 Å². The van der Waals surface area contributed by atoms with E-state index in [-0.39, 0.29) is 5.60 Å².